The van der Waals surface area contributed by atoms with E-state index in [1.165, 1.54) is 32.1 Å². The fraction of sp³-hybridized carbons (Fsp3) is 0.562. The van der Waals surface area contributed by atoms with Crippen molar-refractivity contribution in [2.45, 2.75) is 38.5 Å². The minimum Gasteiger partial charge on any atom is -0.497 e. The molecule has 0 heterocycles. The van der Waals surface area contributed by atoms with Crippen molar-refractivity contribution in [2.24, 2.45) is 5.92 Å². The summed E-state index contributed by atoms with van der Waals surface area (Å²) in [7, 11) is 1.61. The Morgan fingerprint density at radius 2 is 2.11 bits per heavy atom. The lowest BCUT2D eigenvalue weighted by atomic mass is 9.87. The van der Waals surface area contributed by atoms with Crippen molar-refractivity contribution in [1.82, 2.24) is 5.32 Å². The van der Waals surface area contributed by atoms with Gasteiger partial charge in [-0.1, -0.05) is 38.2 Å². The van der Waals surface area contributed by atoms with Crippen LogP contribution in [0.4, 0.5) is 0 Å². The Kier molecular flexibility index (Phi) is 5.25. The molecule has 0 saturated heterocycles. The lowest BCUT2D eigenvalue weighted by Crippen LogP contribution is -2.26. The number of carbonyl (C=O) groups excluding carboxylic acids is 1. The smallest absolute Gasteiger partial charge is 0.251 e. The van der Waals surface area contributed by atoms with Crippen LogP contribution in [-0.4, -0.2) is 19.6 Å². The highest BCUT2D eigenvalue weighted by atomic mass is 16.5. The van der Waals surface area contributed by atoms with Gasteiger partial charge in [0.2, 0.25) is 0 Å². The largest absolute Gasteiger partial charge is 0.497 e. The van der Waals surface area contributed by atoms with Gasteiger partial charge >= 0.3 is 0 Å². The van der Waals surface area contributed by atoms with E-state index in [1.54, 1.807) is 13.2 Å². The zero-order chi connectivity index (χ0) is 13.5. The normalized spacial score (nSPS) is 16.1. The second kappa shape index (κ2) is 7.17. The molecule has 0 atom stereocenters. The Labute approximate surface area is 115 Å². The molecular weight excluding hydrogens is 238 g/mol. The maximum atomic E-state index is 12.0. The molecule has 1 fully saturated rings. The van der Waals surface area contributed by atoms with Crippen molar-refractivity contribution < 1.29 is 9.53 Å². The molecule has 0 unspecified atom stereocenters. The van der Waals surface area contributed by atoms with Crippen molar-refractivity contribution in [3.05, 3.63) is 29.8 Å². The quantitative estimate of drug-likeness (QED) is 0.882. The Morgan fingerprint density at radius 1 is 1.32 bits per heavy atom. The molecule has 0 spiro atoms. The summed E-state index contributed by atoms with van der Waals surface area (Å²) in [5, 5.41) is 3.00. The average molecular weight is 261 g/mol. The van der Waals surface area contributed by atoms with Crippen LogP contribution >= 0.6 is 0 Å². The van der Waals surface area contributed by atoms with Crippen LogP contribution in [-0.2, 0) is 0 Å². The molecule has 2 rings (SSSR count). The monoisotopic (exact) mass is 261 g/mol. The Morgan fingerprint density at radius 3 is 2.84 bits per heavy atom. The molecule has 1 aromatic carbocycles. The molecule has 1 amide bonds. The number of ether oxygens (including phenoxy) is 1. The number of nitrogens with one attached hydrogen (secondary N) is 1. The van der Waals surface area contributed by atoms with E-state index in [0.717, 1.165) is 24.6 Å². The Balaban J connectivity index is 1.77. The van der Waals surface area contributed by atoms with Crippen LogP contribution in [0.1, 0.15) is 48.9 Å². The van der Waals surface area contributed by atoms with Gasteiger partial charge in [0.05, 0.1) is 7.11 Å². The first-order valence-electron chi connectivity index (χ1n) is 7.22. The van der Waals surface area contributed by atoms with Crippen LogP contribution < -0.4 is 10.1 Å². The third kappa shape index (κ3) is 4.27. The molecule has 0 radical (unpaired) electrons. The molecule has 19 heavy (non-hydrogen) atoms. The van der Waals surface area contributed by atoms with E-state index in [2.05, 4.69) is 5.32 Å². The molecule has 0 aromatic heterocycles. The third-order valence-electron chi connectivity index (χ3n) is 3.89. The van der Waals surface area contributed by atoms with Gasteiger partial charge in [-0.15, -0.1) is 0 Å². The first-order chi connectivity index (χ1) is 9.29. The van der Waals surface area contributed by atoms with Crippen LogP contribution in [0.2, 0.25) is 0 Å². The summed E-state index contributed by atoms with van der Waals surface area (Å²) >= 11 is 0. The van der Waals surface area contributed by atoms with E-state index in [9.17, 15) is 4.79 Å². The predicted octanol–water partition coefficient (Wildman–Crippen LogP) is 3.40. The molecule has 0 aliphatic heterocycles. The van der Waals surface area contributed by atoms with Crippen LogP contribution in [0.15, 0.2) is 24.3 Å². The highest BCUT2D eigenvalue weighted by molar-refractivity contribution is 5.94. The van der Waals surface area contributed by atoms with Crippen LogP contribution in [0.25, 0.3) is 0 Å². The average Bonchev–Trinajstić information content (AvgIpc) is 2.48. The minimum atomic E-state index is -0.00490. The van der Waals surface area contributed by atoms with E-state index in [1.807, 2.05) is 18.2 Å². The Bertz CT molecular complexity index is 411. The first kappa shape index (κ1) is 13.9. The van der Waals surface area contributed by atoms with E-state index in [0.29, 0.717) is 5.56 Å². The highest BCUT2D eigenvalue weighted by Gasteiger charge is 2.13. The molecular formula is C16H23NO2. The van der Waals surface area contributed by atoms with Gasteiger partial charge < -0.3 is 10.1 Å². The zero-order valence-electron chi connectivity index (χ0n) is 11.7. The minimum absolute atomic E-state index is 0.00490. The number of hydrogen-bond acceptors (Lipinski definition) is 2. The van der Waals surface area contributed by atoms with Gasteiger partial charge in [0.1, 0.15) is 5.75 Å². The van der Waals surface area contributed by atoms with Gasteiger partial charge in [-0.2, -0.15) is 0 Å². The van der Waals surface area contributed by atoms with Crippen LogP contribution in [0.5, 0.6) is 5.75 Å². The van der Waals surface area contributed by atoms with Crippen molar-refractivity contribution in [2.75, 3.05) is 13.7 Å². The summed E-state index contributed by atoms with van der Waals surface area (Å²) in [5.41, 5.74) is 0.669. The lowest BCUT2D eigenvalue weighted by Gasteiger charge is -2.21. The Hall–Kier alpha value is -1.51. The molecule has 1 aliphatic rings. The van der Waals surface area contributed by atoms with Gasteiger partial charge in [-0.3, -0.25) is 4.79 Å². The molecule has 0 bridgehead atoms. The molecule has 3 nitrogen and oxygen atoms in total. The molecule has 1 aliphatic carbocycles. The maximum Gasteiger partial charge on any atom is 0.251 e. The second-order valence-corrected chi connectivity index (χ2v) is 5.28. The van der Waals surface area contributed by atoms with E-state index in [-0.39, 0.29) is 5.91 Å². The van der Waals surface area contributed by atoms with Gasteiger partial charge in [0.15, 0.2) is 0 Å². The number of methoxy groups -OCH3 is 1. The SMILES string of the molecule is COc1cccc(C(=O)NCCC2CCCCC2)c1. The van der Waals surface area contributed by atoms with Gasteiger partial charge in [0.25, 0.3) is 5.91 Å². The standard InChI is InChI=1S/C16H23NO2/c1-19-15-9-5-8-14(12-15)16(18)17-11-10-13-6-3-2-4-7-13/h5,8-9,12-13H,2-4,6-7,10-11H2,1H3,(H,17,18). The summed E-state index contributed by atoms with van der Waals surface area (Å²) in [4.78, 5) is 12.0. The molecule has 1 N–H and O–H groups in total. The predicted molar refractivity (Wildman–Crippen MR) is 76.5 cm³/mol. The number of amides is 1. The molecule has 3 heteroatoms. The zero-order valence-corrected chi connectivity index (χ0v) is 11.7. The third-order valence-corrected chi connectivity index (χ3v) is 3.89. The fourth-order valence-electron chi connectivity index (χ4n) is 2.73. The number of carbonyl (C=O) groups is 1. The summed E-state index contributed by atoms with van der Waals surface area (Å²) in [5.74, 6) is 1.52. The van der Waals surface area contributed by atoms with E-state index < -0.39 is 0 Å². The summed E-state index contributed by atoms with van der Waals surface area (Å²) in [6.07, 6.45) is 7.86. The van der Waals surface area contributed by atoms with Crippen molar-refractivity contribution in [3.8, 4) is 5.75 Å². The lowest BCUT2D eigenvalue weighted by molar-refractivity contribution is 0.0950. The van der Waals surface area contributed by atoms with E-state index in [4.69, 9.17) is 4.74 Å². The topological polar surface area (TPSA) is 38.3 Å². The highest BCUT2D eigenvalue weighted by Crippen LogP contribution is 2.25. The maximum absolute atomic E-state index is 12.0. The summed E-state index contributed by atoms with van der Waals surface area (Å²) in [6, 6.07) is 7.28. The number of rotatable bonds is 5. The van der Waals surface area contributed by atoms with E-state index >= 15 is 0 Å². The number of hydrogen-bond donors (Lipinski definition) is 1. The summed E-state index contributed by atoms with van der Waals surface area (Å²) in [6.45, 7) is 0.778. The van der Waals surface area contributed by atoms with Crippen molar-refractivity contribution in [1.29, 1.82) is 0 Å². The molecule has 1 aromatic rings. The van der Waals surface area contributed by atoms with Gasteiger partial charge in [-0.25, -0.2) is 0 Å². The van der Waals surface area contributed by atoms with Gasteiger partial charge in [-0.05, 0) is 30.5 Å². The van der Waals surface area contributed by atoms with Crippen LogP contribution in [0, 0.1) is 5.92 Å². The fourth-order valence-corrected chi connectivity index (χ4v) is 2.73. The molecule has 104 valence electrons. The molecule has 1 saturated carbocycles. The first-order valence-corrected chi connectivity index (χ1v) is 7.22. The van der Waals surface area contributed by atoms with Crippen LogP contribution in [0.3, 0.4) is 0 Å². The van der Waals surface area contributed by atoms with Crippen molar-refractivity contribution >= 4 is 5.91 Å². The van der Waals surface area contributed by atoms with Crippen molar-refractivity contribution in [3.63, 3.8) is 0 Å². The number of benzene rings is 1. The second-order valence-electron chi connectivity index (χ2n) is 5.28. The van der Waals surface area contributed by atoms with Gasteiger partial charge in [0, 0.05) is 12.1 Å². The summed E-state index contributed by atoms with van der Waals surface area (Å²) < 4.78 is 5.12.